The average Bonchev–Trinajstić information content (AvgIpc) is 2.82. The average molecular weight is 272 g/mol. The molecule has 0 aliphatic heterocycles. The third-order valence-corrected chi connectivity index (χ3v) is 2.97. The van der Waals surface area contributed by atoms with E-state index >= 15 is 0 Å². The summed E-state index contributed by atoms with van der Waals surface area (Å²) in [7, 11) is 0. The van der Waals surface area contributed by atoms with Crippen LogP contribution in [0, 0.1) is 10.6 Å². The van der Waals surface area contributed by atoms with Crippen LogP contribution in [-0.2, 0) is 0 Å². The van der Waals surface area contributed by atoms with Gasteiger partial charge in [0.1, 0.15) is 0 Å². The highest BCUT2D eigenvalue weighted by Gasteiger charge is 2.14. The predicted molar refractivity (Wildman–Crippen MR) is 71.9 cm³/mol. The molecule has 0 amide bonds. The van der Waals surface area contributed by atoms with E-state index < -0.39 is 5.82 Å². The number of nitrogens with one attached hydrogen (secondary N) is 1. The molecular weight excluding hydrogens is 263 g/mol. The number of aromatic amines is 1. The van der Waals surface area contributed by atoms with E-state index in [4.69, 9.17) is 12.2 Å². The van der Waals surface area contributed by atoms with Crippen molar-refractivity contribution in [2.45, 2.75) is 0 Å². The van der Waals surface area contributed by atoms with E-state index in [2.05, 4.69) is 15.2 Å². The number of hydrogen-bond donors (Lipinski definition) is 1. The zero-order valence-corrected chi connectivity index (χ0v) is 10.6. The van der Waals surface area contributed by atoms with Crippen LogP contribution in [0.1, 0.15) is 0 Å². The monoisotopic (exact) mass is 272 g/mol. The lowest BCUT2D eigenvalue weighted by molar-refractivity contribution is 0.623. The zero-order valence-electron chi connectivity index (χ0n) is 9.75. The molecule has 0 bridgehead atoms. The van der Waals surface area contributed by atoms with Gasteiger partial charge >= 0.3 is 0 Å². The van der Waals surface area contributed by atoms with Crippen LogP contribution in [-0.4, -0.2) is 19.7 Å². The van der Waals surface area contributed by atoms with Crippen LogP contribution in [0.2, 0.25) is 0 Å². The first-order chi connectivity index (χ1) is 9.27. The van der Waals surface area contributed by atoms with Gasteiger partial charge in [0.05, 0.1) is 11.8 Å². The minimum atomic E-state index is -0.436. The zero-order chi connectivity index (χ0) is 13.2. The van der Waals surface area contributed by atoms with Crippen LogP contribution in [0.3, 0.4) is 0 Å². The molecule has 2 aromatic heterocycles. The normalized spacial score (nSPS) is 10.6. The number of hydrogen-bond acceptors (Lipinski definition) is 3. The largest absolute Gasteiger partial charge is 0.268 e. The van der Waals surface area contributed by atoms with E-state index in [1.165, 1.54) is 6.20 Å². The lowest BCUT2D eigenvalue weighted by Crippen LogP contribution is -1.99. The molecule has 1 aromatic carbocycles. The molecule has 0 fully saturated rings. The lowest BCUT2D eigenvalue weighted by atomic mass is 10.2. The van der Waals surface area contributed by atoms with Crippen molar-refractivity contribution in [1.82, 2.24) is 19.7 Å². The number of halogens is 1. The Balaban J connectivity index is 2.26. The van der Waals surface area contributed by atoms with Crippen LogP contribution < -0.4 is 0 Å². The Morgan fingerprint density at radius 1 is 1.16 bits per heavy atom. The SMILES string of the molecule is Fc1cnccc1-c1n[nH]c(=S)n1-c1ccccc1. The number of benzene rings is 1. The molecule has 0 aliphatic rings. The fraction of sp³-hybridized carbons (Fsp3) is 0. The summed E-state index contributed by atoms with van der Waals surface area (Å²) >= 11 is 5.20. The highest BCUT2D eigenvalue weighted by atomic mass is 32.1. The molecule has 6 heteroatoms. The number of para-hydroxylation sites is 1. The Morgan fingerprint density at radius 2 is 1.95 bits per heavy atom. The second-order valence-corrected chi connectivity index (χ2v) is 4.27. The van der Waals surface area contributed by atoms with E-state index in [0.717, 1.165) is 11.9 Å². The van der Waals surface area contributed by atoms with Gasteiger partial charge < -0.3 is 0 Å². The van der Waals surface area contributed by atoms with Gasteiger partial charge in [0.15, 0.2) is 16.4 Å². The Kier molecular flexibility index (Phi) is 2.92. The maximum absolute atomic E-state index is 13.8. The minimum Gasteiger partial charge on any atom is -0.268 e. The van der Waals surface area contributed by atoms with Crippen molar-refractivity contribution in [1.29, 1.82) is 0 Å². The number of nitrogens with zero attached hydrogens (tertiary/aromatic N) is 3. The Bertz CT molecular complexity index is 764. The van der Waals surface area contributed by atoms with Crippen LogP contribution in [0.15, 0.2) is 48.8 Å². The highest BCUT2D eigenvalue weighted by Crippen LogP contribution is 2.23. The summed E-state index contributed by atoms with van der Waals surface area (Å²) in [5.74, 6) is -0.00946. The van der Waals surface area contributed by atoms with Crippen LogP contribution in [0.4, 0.5) is 4.39 Å². The molecule has 0 unspecified atom stereocenters. The lowest BCUT2D eigenvalue weighted by Gasteiger charge is -2.06. The van der Waals surface area contributed by atoms with Gasteiger partial charge in [0, 0.05) is 11.9 Å². The van der Waals surface area contributed by atoms with Crippen LogP contribution in [0.25, 0.3) is 17.1 Å². The molecule has 4 nitrogen and oxygen atoms in total. The molecule has 0 saturated carbocycles. The van der Waals surface area contributed by atoms with Gasteiger partial charge in [0.2, 0.25) is 0 Å². The Morgan fingerprint density at radius 3 is 2.68 bits per heavy atom. The summed E-state index contributed by atoms with van der Waals surface area (Å²) in [4.78, 5) is 3.73. The third kappa shape index (κ3) is 2.06. The Labute approximate surface area is 113 Å². The van der Waals surface area contributed by atoms with Crippen molar-refractivity contribution in [2.24, 2.45) is 0 Å². The van der Waals surface area contributed by atoms with Crippen molar-refractivity contribution < 1.29 is 4.39 Å². The van der Waals surface area contributed by atoms with Gasteiger partial charge in [-0.05, 0) is 30.4 Å². The summed E-state index contributed by atoms with van der Waals surface area (Å²) in [6, 6.07) is 11.0. The highest BCUT2D eigenvalue weighted by molar-refractivity contribution is 7.71. The second kappa shape index (κ2) is 4.74. The van der Waals surface area contributed by atoms with E-state index in [1.807, 2.05) is 30.3 Å². The molecule has 94 valence electrons. The third-order valence-electron chi connectivity index (χ3n) is 2.70. The summed E-state index contributed by atoms with van der Waals surface area (Å²) < 4.78 is 15.9. The first-order valence-electron chi connectivity index (χ1n) is 5.60. The maximum atomic E-state index is 13.8. The summed E-state index contributed by atoms with van der Waals surface area (Å²) in [5.41, 5.74) is 1.18. The molecule has 1 N–H and O–H groups in total. The number of pyridine rings is 1. The smallest absolute Gasteiger partial charge is 0.200 e. The summed E-state index contributed by atoms with van der Waals surface area (Å²) in [6.07, 6.45) is 2.67. The Hall–Kier alpha value is -2.34. The fourth-order valence-electron chi connectivity index (χ4n) is 1.85. The van der Waals surface area contributed by atoms with Gasteiger partial charge in [-0.3, -0.25) is 14.6 Å². The maximum Gasteiger partial charge on any atom is 0.200 e. The molecule has 3 rings (SSSR count). The van der Waals surface area contributed by atoms with E-state index in [9.17, 15) is 4.39 Å². The van der Waals surface area contributed by atoms with Crippen LogP contribution in [0.5, 0.6) is 0 Å². The van der Waals surface area contributed by atoms with Crippen molar-refractivity contribution in [3.63, 3.8) is 0 Å². The summed E-state index contributed by atoms with van der Waals surface area (Å²) in [6.45, 7) is 0. The van der Waals surface area contributed by atoms with Gasteiger partial charge in [-0.2, -0.15) is 5.10 Å². The van der Waals surface area contributed by atoms with Crippen molar-refractivity contribution in [2.75, 3.05) is 0 Å². The van der Waals surface area contributed by atoms with Gasteiger partial charge in [0.25, 0.3) is 0 Å². The molecule has 0 radical (unpaired) electrons. The molecular formula is C13H9FN4S. The van der Waals surface area contributed by atoms with E-state index in [-0.39, 0.29) is 0 Å². The standard InChI is InChI=1S/C13H9FN4S/c14-11-8-15-7-6-10(11)12-16-17-13(19)18(12)9-4-2-1-3-5-9/h1-8H,(H,17,19). The van der Waals surface area contributed by atoms with Gasteiger partial charge in [-0.25, -0.2) is 4.39 Å². The quantitative estimate of drug-likeness (QED) is 0.729. The first kappa shape index (κ1) is 11.7. The summed E-state index contributed by atoms with van der Waals surface area (Å²) in [5, 5.41) is 6.79. The van der Waals surface area contributed by atoms with Crippen molar-refractivity contribution in [3.8, 4) is 17.1 Å². The molecule has 0 spiro atoms. The number of aromatic nitrogens is 4. The molecule has 0 aliphatic carbocycles. The van der Waals surface area contributed by atoms with Crippen LogP contribution >= 0.6 is 12.2 Å². The molecule has 0 saturated heterocycles. The number of H-pyrrole nitrogens is 1. The van der Waals surface area contributed by atoms with E-state index in [1.54, 1.807) is 10.6 Å². The van der Waals surface area contributed by atoms with Crippen molar-refractivity contribution >= 4 is 12.2 Å². The number of rotatable bonds is 2. The second-order valence-electron chi connectivity index (χ2n) is 3.88. The molecule has 0 atom stereocenters. The molecule has 2 heterocycles. The predicted octanol–water partition coefficient (Wildman–Crippen LogP) is 3.13. The van der Waals surface area contributed by atoms with E-state index in [0.29, 0.717) is 16.2 Å². The molecule has 19 heavy (non-hydrogen) atoms. The minimum absolute atomic E-state index is 0.353. The molecule has 3 aromatic rings. The van der Waals surface area contributed by atoms with Gasteiger partial charge in [-0.15, -0.1) is 0 Å². The fourth-order valence-corrected chi connectivity index (χ4v) is 2.09. The topological polar surface area (TPSA) is 46.5 Å². The first-order valence-corrected chi connectivity index (χ1v) is 6.01. The van der Waals surface area contributed by atoms with Crippen molar-refractivity contribution in [3.05, 3.63) is 59.4 Å². The van der Waals surface area contributed by atoms with Gasteiger partial charge in [-0.1, -0.05) is 18.2 Å².